The highest BCUT2D eigenvalue weighted by Crippen LogP contribution is 2.37. The van der Waals surface area contributed by atoms with Gasteiger partial charge in [-0.2, -0.15) is 0 Å². The largest absolute Gasteiger partial charge is 0.329 e. The third kappa shape index (κ3) is 5.80. The second-order valence-electron chi connectivity index (χ2n) is 7.97. The van der Waals surface area contributed by atoms with Crippen LogP contribution in [0.25, 0.3) is 0 Å². The van der Waals surface area contributed by atoms with Gasteiger partial charge in [-0.15, -0.1) is 0 Å². The van der Waals surface area contributed by atoms with E-state index in [0.29, 0.717) is 11.5 Å². The van der Waals surface area contributed by atoms with E-state index in [4.69, 9.17) is 5.73 Å². The van der Waals surface area contributed by atoms with Crippen molar-refractivity contribution in [2.24, 2.45) is 23.0 Å². The first-order valence-corrected chi connectivity index (χ1v) is 8.12. The summed E-state index contributed by atoms with van der Waals surface area (Å²) in [5.74, 6) is 1.94. The van der Waals surface area contributed by atoms with Crippen molar-refractivity contribution in [3.05, 3.63) is 0 Å². The topological polar surface area (TPSA) is 41.3 Å². The first-order valence-electron chi connectivity index (χ1n) is 8.12. The second kappa shape index (κ2) is 6.55. The Kier molecular flexibility index (Phi) is 5.27. The lowest BCUT2D eigenvalue weighted by molar-refractivity contribution is 0.130. The van der Waals surface area contributed by atoms with Crippen LogP contribution in [-0.2, 0) is 0 Å². The van der Waals surface area contributed by atoms with Crippen molar-refractivity contribution in [2.45, 2.75) is 52.5 Å². The van der Waals surface area contributed by atoms with Crippen molar-refractivity contribution in [1.29, 1.82) is 0 Å². The maximum Gasteiger partial charge on any atom is 0.0198 e. The van der Waals surface area contributed by atoms with E-state index in [0.717, 1.165) is 31.5 Å². The van der Waals surface area contributed by atoms with Crippen LogP contribution in [0, 0.1) is 17.3 Å². The average Bonchev–Trinajstić information content (AvgIpc) is 3.10. The lowest BCUT2D eigenvalue weighted by atomic mass is 9.88. The molecule has 1 aliphatic heterocycles. The van der Waals surface area contributed by atoms with Gasteiger partial charge in [0.05, 0.1) is 0 Å². The monoisotopic (exact) mass is 267 g/mol. The maximum absolute atomic E-state index is 5.74. The van der Waals surface area contributed by atoms with E-state index < -0.39 is 0 Å². The summed E-state index contributed by atoms with van der Waals surface area (Å²) < 4.78 is 0. The molecule has 2 rings (SSSR count). The van der Waals surface area contributed by atoms with Crippen LogP contribution in [0.5, 0.6) is 0 Å². The number of hydrogen-bond donors (Lipinski definition) is 2. The van der Waals surface area contributed by atoms with Crippen molar-refractivity contribution < 1.29 is 0 Å². The third-order valence-electron chi connectivity index (χ3n) is 4.34. The van der Waals surface area contributed by atoms with E-state index in [-0.39, 0.29) is 0 Å². The van der Waals surface area contributed by atoms with Gasteiger partial charge >= 0.3 is 0 Å². The Hall–Kier alpha value is -0.120. The van der Waals surface area contributed by atoms with Gasteiger partial charge < -0.3 is 16.0 Å². The molecule has 0 amide bonds. The number of nitrogens with zero attached hydrogens (tertiary/aromatic N) is 1. The number of hydrogen-bond acceptors (Lipinski definition) is 3. The van der Waals surface area contributed by atoms with Crippen LogP contribution in [-0.4, -0.2) is 43.7 Å². The minimum absolute atomic E-state index is 0.377. The number of nitrogens with one attached hydrogen (secondary N) is 1. The molecule has 0 aromatic carbocycles. The third-order valence-corrected chi connectivity index (χ3v) is 4.34. The van der Waals surface area contributed by atoms with E-state index in [1.807, 2.05) is 0 Å². The van der Waals surface area contributed by atoms with Gasteiger partial charge in [0.1, 0.15) is 0 Å². The summed E-state index contributed by atoms with van der Waals surface area (Å²) in [6.45, 7) is 12.4. The summed E-state index contributed by atoms with van der Waals surface area (Å²) in [7, 11) is 0. The van der Waals surface area contributed by atoms with Gasteiger partial charge in [0.25, 0.3) is 0 Å². The molecule has 2 atom stereocenters. The summed E-state index contributed by atoms with van der Waals surface area (Å²) in [6.07, 6.45) is 5.78. The van der Waals surface area contributed by atoms with E-state index in [9.17, 15) is 0 Å². The Morgan fingerprint density at radius 3 is 2.47 bits per heavy atom. The van der Waals surface area contributed by atoms with Crippen LogP contribution in [0.4, 0.5) is 0 Å². The van der Waals surface area contributed by atoms with Gasteiger partial charge in [-0.3, -0.25) is 0 Å². The van der Waals surface area contributed by atoms with Crippen molar-refractivity contribution in [2.75, 3.05) is 32.7 Å². The summed E-state index contributed by atoms with van der Waals surface area (Å²) in [5, 5.41) is 3.79. The standard InChI is InChI=1S/C16H33N3/c1-16(2,3)12-18-15-9-14(8-13-4-5-13)10-19(11-15)7-6-17/h13-15,18H,4-12,17H2,1-3H3. The Balaban J connectivity index is 1.82. The number of rotatable bonds is 6. The summed E-state index contributed by atoms with van der Waals surface area (Å²) in [5.41, 5.74) is 6.12. The van der Waals surface area contributed by atoms with Crippen molar-refractivity contribution >= 4 is 0 Å². The average molecular weight is 267 g/mol. The number of nitrogens with two attached hydrogens (primary N) is 1. The fraction of sp³-hybridized carbons (Fsp3) is 1.00. The normalized spacial score (nSPS) is 29.7. The van der Waals surface area contributed by atoms with Crippen LogP contribution in [0.3, 0.4) is 0 Å². The molecule has 3 N–H and O–H groups in total. The second-order valence-corrected chi connectivity index (χ2v) is 7.97. The molecule has 0 aromatic heterocycles. The molecule has 19 heavy (non-hydrogen) atoms. The zero-order chi connectivity index (χ0) is 13.9. The van der Waals surface area contributed by atoms with Crippen molar-refractivity contribution in [1.82, 2.24) is 10.2 Å². The highest BCUT2D eigenvalue weighted by atomic mass is 15.2. The van der Waals surface area contributed by atoms with E-state index >= 15 is 0 Å². The predicted molar refractivity (Wildman–Crippen MR) is 82.2 cm³/mol. The fourth-order valence-electron chi connectivity index (χ4n) is 3.26. The van der Waals surface area contributed by atoms with Gasteiger partial charge in [-0.05, 0) is 30.1 Å². The minimum Gasteiger partial charge on any atom is -0.329 e. The van der Waals surface area contributed by atoms with Gasteiger partial charge in [-0.25, -0.2) is 0 Å². The molecule has 3 heteroatoms. The Morgan fingerprint density at radius 2 is 1.89 bits per heavy atom. The van der Waals surface area contributed by atoms with E-state index in [1.54, 1.807) is 0 Å². The molecule has 0 bridgehead atoms. The van der Waals surface area contributed by atoms with E-state index in [2.05, 4.69) is 31.0 Å². The molecule has 0 aromatic rings. The Morgan fingerprint density at radius 1 is 1.16 bits per heavy atom. The zero-order valence-electron chi connectivity index (χ0n) is 13.1. The summed E-state index contributed by atoms with van der Waals surface area (Å²) >= 11 is 0. The maximum atomic E-state index is 5.74. The molecular formula is C16H33N3. The smallest absolute Gasteiger partial charge is 0.0198 e. The summed E-state index contributed by atoms with van der Waals surface area (Å²) in [6, 6.07) is 0.670. The highest BCUT2D eigenvalue weighted by Gasteiger charge is 2.32. The van der Waals surface area contributed by atoms with Crippen LogP contribution in [0.2, 0.25) is 0 Å². The lowest BCUT2D eigenvalue weighted by Gasteiger charge is -2.39. The molecule has 1 aliphatic carbocycles. The number of piperidine rings is 1. The first kappa shape index (κ1) is 15.3. The quantitative estimate of drug-likeness (QED) is 0.774. The Bertz CT molecular complexity index is 268. The molecule has 112 valence electrons. The van der Waals surface area contributed by atoms with Gasteiger partial charge in [0.15, 0.2) is 0 Å². The SMILES string of the molecule is CC(C)(C)CNC1CC(CC2CC2)CN(CCN)C1. The van der Waals surface area contributed by atoms with Crippen LogP contribution < -0.4 is 11.1 Å². The molecule has 2 fully saturated rings. The van der Waals surface area contributed by atoms with Crippen LogP contribution in [0.15, 0.2) is 0 Å². The van der Waals surface area contributed by atoms with Crippen LogP contribution >= 0.6 is 0 Å². The molecule has 3 nitrogen and oxygen atoms in total. The summed E-state index contributed by atoms with van der Waals surface area (Å²) in [4.78, 5) is 2.58. The highest BCUT2D eigenvalue weighted by molar-refractivity contribution is 4.88. The van der Waals surface area contributed by atoms with E-state index in [1.165, 1.54) is 38.8 Å². The van der Waals surface area contributed by atoms with Gasteiger partial charge in [-0.1, -0.05) is 33.6 Å². The Labute approximate surface area is 119 Å². The first-order chi connectivity index (χ1) is 8.96. The fourth-order valence-corrected chi connectivity index (χ4v) is 3.26. The predicted octanol–water partition coefficient (Wildman–Crippen LogP) is 2.07. The molecule has 1 saturated carbocycles. The number of likely N-dealkylation sites (tertiary alicyclic amines) is 1. The molecule has 0 spiro atoms. The molecule has 2 aliphatic rings. The van der Waals surface area contributed by atoms with Crippen LogP contribution in [0.1, 0.15) is 46.5 Å². The van der Waals surface area contributed by atoms with Crippen molar-refractivity contribution in [3.8, 4) is 0 Å². The molecular weight excluding hydrogens is 234 g/mol. The lowest BCUT2D eigenvalue weighted by Crippen LogP contribution is -2.51. The zero-order valence-corrected chi connectivity index (χ0v) is 13.1. The molecule has 1 heterocycles. The van der Waals surface area contributed by atoms with Gasteiger partial charge in [0.2, 0.25) is 0 Å². The molecule has 1 saturated heterocycles. The molecule has 0 radical (unpaired) electrons. The van der Waals surface area contributed by atoms with Crippen molar-refractivity contribution in [3.63, 3.8) is 0 Å². The molecule has 2 unspecified atom stereocenters. The minimum atomic E-state index is 0.377. The van der Waals surface area contributed by atoms with Gasteiger partial charge in [0, 0.05) is 38.8 Å².